The van der Waals surface area contributed by atoms with Crippen molar-refractivity contribution in [1.82, 2.24) is 24.4 Å². The van der Waals surface area contributed by atoms with Crippen molar-refractivity contribution in [1.29, 1.82) is 0 Å². The molecule has 0 radical (unpaired) electrons. The smallest absolute Gasteiger partial charge is 0.407 e. The minimum Gasteiger partial charge on any atom is -0.494 e. The first-order valence-electron chi connectivity index (χ1n) is 17.9. The number of imidazole rings is 1. The van der Waals surface area contributed by atoms with Crippen LogP contribution in [0.25, 0.3) is 44.8 Å². The largest absolute Gasteiger partial charge is 0.494 e. The number of amides is 1. The van der Waals surface area contributed by atoms with Gasteiger partial charge in [0.15, 0.2) is 5.82 Å². The van der Waals surface area contributed by atoms with Crippen LogP contribution in [0.3, 0.4) is 0 Å². The van der Waals surface area contributed by atoms with Crippen LogP contribution in [0.4, 0.5) is 4.79 Å². The summed E-state index contributed by atoms with van der Waals surface area (Å²) in [6.45, 7) is 14.2. The Hall–Kier alpha value is -5.39. The van der Waals surface area contributed by atoms with Crippen molar-refractivity contribution in [2.24, 2.45) is 7.05 Å². The second-order valence-corrected chi connectivity index (χ2v) is 15.2. The molecule has 282 valence electrons. The van der Waals surface area contributed by atoms with Gasteiger partial charge < -0.3 is 33.4 Å². The van der Waals surface area contributed by atoms with Crippen molar-refractivity contribution < 1.29 is 33.3 Å². The number of esters is 2. The molecule has 12 nitrogen and oxygen atoms in total. The Morgan fingerprint density at radius 1 is 0.830 bits per heavy atom. The molecule has 0 unspecified atom stereocenters. The number of carbonyl (C=O) groups excluding carboxylic acids is 3. The topological polar surface area (TPSA) is 136 Å². The number of pyridine rings is 1. The van der Waals surface area contributed by atoms with E-state index in [1.54, 1.807) is 25.3 Å². The van der Waals surface area contributed by atoms with E-state index in [1.165, 1.54) is 7.11 Å². The number of benzene rings is 2. The molecule has 0 saturated heterocycles. The monoisotopic (exact) mass is 725 g/mol. The summed E-state index contributed by atoms with van der Waals surface area (Å²) in [5.41, 5.74) is 4.79. The first-order chi connectivity index (χ1) is 25.0. The molecule has 3 aromatic heterocycles. The molecular formula is C41H51N5O7. The fourth-order valence-electron chi connectivity index (χ4n) is 6.37. The Labute approximate surface area is 310 Å². The zero-order chi connectivity index (χ0) is 38.7. The quantitative estimate of drug-likeness (QED) is 0.0764. The molecule has 2 aromatic carbocycles. The van der Waals surface area contributed by atoms with E-state index in [2.05, 4.69) is 16.0 Å². The molecule has 0 atom stereocenters. The molecule has 5 aromatic rings. The third kappa shape index (κ3) is 8.98. The molecule has 1 N–H and O–H groups in total. The van der Waals surface area contributed by atoms with E-state index in [4.69, 9.17) is 28.9 Å². The predicted molar refractivity (Wildman–Crippen MR) is 205 cm³/mol. The highest BCUT2D eigenvalue weighted by Gasteiger charge is 2.25. The summed E-state index contributed by atoms with van der Waals surface area (Å²) >= 11 is 0. The summed E-state index contributed by atoms with van der Waals surface area (Å²) in [6, 6.07) is 15.0. The van der Waals surface area contributed by atoms with Crippen LogP contribution in [0.15, 0.2) is 48.5 Å². The maximum Gasteiger partial charge on any atom is 0.407 e. The SMILES string of the molecule is COC(=O)c1cc(OC)c2c(c1)nc(-c1cc3ccc(-c4c(C)cccc4C(=O)OC(C)(C)C)nc3n1CCCCCCNC(=O)OC(C)(C)C)n2C. The number of fused-ring (bicyclic) bond motifs is 2. The molecular weight excluding hydrogens is 674 g/mol. The summed E-state index contributed by atoms with van der Waals surface area (Å²) in [5.74, 6) is 0.287. The van der Waals surface area contributed by atoms with Crippen LogP contribution in [0.1, 0.15) is 93.5 Å². The van der Waals surface area contributed by atoms with Gasteiger partial charge in [-0.3, -0.25) is 0 Å². The lowest BCUT2D eigenvalue weighted by Gasteiger charge is -2.21. The number of carbonyl (C=O) groups is 3. The molecule has 0 bridgehead atoms. The fourth-order valence-corrected chi connectivity index (χ4v) is 6.37. The molecule has 0 saturated carbocycles. The van der Waals surface area contributed by atoms with Crippen molar-refractivity contribution in [3.63, 3.8) is 0 Å². The Balaban J connectivity index is 1.54. The summed E-state index contributed by atoms with van der Waals surface area (Å²) < 4.78 is 25.9. The van der Waals surface area contributed by atoms with Crippen LogP contribution in [-0.4, -0.2) is 69.1 Å². The van der Waals surface area contributed by atoms with E-state index < -0.39 is 29.2 Å². The fraction of sp³-hybridized carbons (Fsp3) is 0.439. The molecule has 0 spiro atoms. The zero-order valence-electron chi connectivity index (χ0n) is 32.5. The van der Waals surface area contributed by atoms with Gasteiger partial charge in [-0.1, -0.05) is 25.0 Å². The van der Waals surface area contributed by atoms with Crippen LogP contribution in [0.5, 0.6) is 5.75 Å². The molecule has 12 heteroatoms. The van der Waals surface area contributed by atoms with E-state index in [-0.39, 0.29) is 0 Å². The normalized spacial score (nSPS) is 11.9. The van der Waals surface area contributed by atoms with Gasteiger partial charge in [-0.05, 0) is 103 Å². The van der Waals surface area contributed by atoms with Crippen molar-refractivity contribution in [3.05, 3.63) is 65.2 Å². The zero-order valence-corrected chi connectivity index (χ0v) is 32.5. The number of nitrogens with zero attached hydrogens (tertiary/aromatic N) is 4. The lowest BCUT2D eigenvalue weighted by atomic mass is 9.98. The summed E-state index contributed by atoms with van der Waals surface area (Å²) in [5, 5.41) is 3.74. The molecule has 3 heterocycles. The average Bonchev–Trinajstić information content (AvgIpc) is 3.61. The minimum absolute atomic E-state index is 0.341. The van der Waals surface area contributed by atoms with Gasteiger partial charge in [-0.15, -0.1) is 0 Å². The van der Waals surface area contributed by atoms with Crippen LogP contribution >= 0.6 is 0 Å². The number of aromatic nitrogens is 4. The van der Waals surface area contributed by atoms with Crippen LogP contribution in [0, 0.1) is 6.92 Å². The van der Waals surface area contributed by atoms with Crippen molar-refractivity contribution >= 4 is 40.1 Å². The first-order valence-corrected chi connectivity index (χ1v) is 17.9. The maximum atomic E-state index is 13.4. The Morgan fingerprint density at radius 2 is 1.55 bits per heavy atom. The van der Waals surface area contributed by atoms with Gasteiger partial charge in [0.1, 0.15) is 28.1 Å². The molecule has 5 rings (SSSR count). The van der Waals surface area contributed by atoms with Gasteiger partial charge in [-0.2, -0.15) is 0 Å². The number of hydrogen-bond acceptors (Lipinski definition) is 9. The van der Waals surface area contributed by atoms with Gasteiger partial charge in [0.25, 0.3) is 0 Å². The molecule has 0 fully saturated rings. The van der Waals surface area contributed by atoms with E-state index >= 15 is 0 Å². The van der Waals surface area contributed by atoms with E-state index in [1.807, 2.05) is 84.3 Å². The van der Waals surface area contributed by atoms with Crippen molar-refractivity contribution in [3.8, 4) is 28.5 Å². The summed E-state index contributed by atoms with van der Waals surface area (Å²) in [4.78, 5) is 48.2. The van der Waals surface area contributed by atoms with Gasteiger partial charge in [0.05, 0.1) is 42.3 Å². The number of alkyl carbamates (subject to hydrolysis) is 1. The van der Waals surface area contributed by atoms with Crippen molar-refractivity contribution in [2.45, 2.75) is 91.9 Å². The standard InChI is InChI=1S/C41H51N5O7/c1-25-16-15-17-28(38(48)52-40(2,3)4)33(25)29-19-18-26-23-31(36-44-30-22-27(37(47)51-10)24-32(50-9)34(30)45(36)8)46(35(26)43-29)21-14-12-11-13-20-42-39(49)53-41(5,6)7/h15-19,22-24H,11-14,20-21H2,1-10H3,(H,42,49). The first kappa shape index (κ1) is 38.8. The third-order valence-electron chi connectivity index (χ3n) is 8.67. The van der Waals surface area contributed by atoms with E-state index in [0.29, 0.717) is 47.0 Å². The third-order valence-corrected chi connectivity index (χ3v) is 8.67. The molecule has 0 aliphatic heterocycles. The Morgan fingerprint density at radius 3 is 2.23 bits per heavy atom. The highest BCUT2D eigenvalue weighted by molar-refractivity contribution is 5.99. The van der Waals surface area contributed by atoms with Crippen molar-refractivity contribution in [2.75, 3.05) is 20.8 Å². The second-order valence-electron chi connectivity index (χ2n) is 15.2. The van der Waals surface area contributed by atoms with Crippen LogP contribution < -0.4 is 10.1 Å². The second kappa shape index (κ2) is 15.7. The van der Waals surface area contributed by atoms with Gasteiger partial charge in [0, 0.05) is 31.1 Å². The number of aryl methyl sites for hydroxylation is 3. The number of ether oxygens (including phenoxy) is 4. The average molecular weight is 726 g/mol. The van der Waals surface area contributed by atoms with E-state index in [0.717, 1.165) is 59.1 Å². The Kier molecular flexibility index (Phi) is 11.5. The summed E-state index contributed by atoms with van der Waals surface area (Å²) in [7, 11) is 4.82. The van der Waals surface area contributed by atoms with Gasteiger partial charge in [0.2, 0.25) is 0 Å². The summed E-state index contributed by atoms with van der Waals surface area (Å²) in [6.07, 6.45) is 3.06. The molecule has 0 aliphatic carbocycles. The van der Waals surface area contributed by atoms with E-state index in [9.17, 15) is 14.4 Å². The van der Waals surface area contributed by atoms with Crippen LogP contribution in [-0.2, 0) is 27.8 Å². The molecule has 0 aliphatic rings. The molecule has 53 heavy (non-hydrogen) atoms. The lowest BCUT2D eigenvalue weighted by Crippen LogP contribution is -2.32. The number of methoxy groups -OCH3 is 2. The number of rotatable bonds is 12. The van der Waals surface area contributed by atoms with Crippen LogP contribution in [0.2, 0.25) is 0 Å². The van der Waals surface area contributed by atoms with Gasteiger partial charge in [-0.25, -0.2) is 24.4 Å². The number of unbranched alkanes of at least 4 members (excludes halogenated alkanes) is 3. The number of nitrogens with one attached hydrogen (secondary N) is 1. The van der Waals surface area contributed by atoms with Gasteiger partial charge >= 0.3 is 18.0 Å². The molecule has 1 amide bonds. The minimum atomic E-state index is -0.656. The predicted octanol–water partition coefficient (Wildman–Crippen LogP) is 8.40. The Bertz CT molecular complexity index is 2150. The number of hydrogen-bond donors (Lipinski definition) is 1. The highest BCUT2D eigenvalue weighted by atomic mass is 16.6. The lowest BCUT2D eigenvalue weighted by molar-refractivity contribution is 0.00697. The highest BCUT2D eigenvalue weighted by Crippen LogP contribution is 2.36. The maximum absolute atomic E-state index is 13.4.